The van der Waals surface area contributed by atoms with Crippen LogP contribution in [0, 0.1) is 0 Å². The van der Waals surface area contributed by atoms with E-state index in [0.717, 1.165) is 17.1 Å². The van der Waals surface area contributed by atoms with E-state index < -0.39 is 5.97 Å². The summed E-state index contributed by atoms with van der Waals surface area (Å²) in [7, 11) is 0. The van der Waals surface area contributed by atoms with Crippen LogP contribution in [0.5, 0.6) is 0 Å². The smallest absolute Gasteiger partial charge is 0.313 e. The van der Waals surface area contributed by atoms with Gasteiger partial charge in [-0.15, -0.1) is 0 Å². The molecule has 0 fully saturated rings. The number of carboxylic acid groups (broad SMARTS) is 1. The van der Waals surface area contributed by atoms with E-state index in [1.165, 1.54) is 6.33 Å². The number of nitrogens with zero attached hydrogens (tertiary/aromatic N) is 3. The van der Waals surface area contributed by atoms with E-state index in [9.17, 15) is 4.79 Å². The molecule has 2 heterocycles. The molecule has 2 N–H and O–H groups in total. The van der Waals surface area contributed by atoms with E-state index in [-0.39, 0.29) is 5.75 Å². The van der Waals surface area contributed by atoms with Gasteiger partial charge in [0.1, 0.15) is 11.4 Å². The minimum Gasteiger partial charge on any atom is -0.481 e. The molecule has 0 aliphatic rings. The van der Waals surface area contributed by atoms with Crippen molar-refractivity contribution in [2.24, 2.45) is 0 Å². The number of carbonyl (C=O) groups is 1. The van der Waals surface area contributed by atoms with Crippen LogP contribution in [0.2, 0.25) is 0 Å². The maximum Gasteiger partial charge on any atom is 0.313 e. The van der Waals surface area contributed by atoms with E-state index in [2.05, 4.69) is 20.2 Å². The first kappa shape index (κ1) is 8.95. The Labute approximate surface area is 82.8 Å². The van der Waals surface area contributed by atoms with Crippen LogP contribution in [0.4, 0.5) is 0 Å². The number of aliphatic carboxylic acids is 1. The van der Waals surface area contributed by atoms with Crippen molar-refractivity contribution in [3.05, 3.63) is 12.5 Å². The number of thioether (sulfide) groups is 1. The summed E-state index contributed by atoms with van der Waals surface area (Å²) < 4.78 is 0. The molecule has 0 saturated heterocycles. The summed E-state index contributed by atoms with van der Waals surface area (Å²) >= 11 is 1.15. The first-order valence-electron chi connectivity index (χ1n) is 3.76. The fourth-order valence-corrected chi connectivity index (χ4v) is 1.67. The molecule has 2 rings (SSSR count). The van der Waals surface area contributed by atoms with Crippen molar-refractivity contribution in [1.29, 1.82) is 0 Å². The van der Waals surface area contributed by atoms with Crippen LogP contribution in [0.1, 0.15) is 0 Å². The molecule has 0 unspecified atom stereocenters. The second kappa shape index (κ2) is 3.62. The van der Waals surface area contributed by atoms with Crippen LogP contribution < -0.4 is 0 Å². The minimum absolute atomic E-state index is 0.0166. The fourth-order valence-electron chi connectivity index (χ4n) is 0.988. The van der Waals surface area contributed by atoms with Crippen molar-refractivity contribution in [2.45, 2.75) is 5.03 Å². The van der Waals surface area contributed by atoms with E-state index in [1.807, 2.05) is 0 Å². The molecule has 72 valence electrons. The average Bonchev–Trinajstić information content (AvgIpc) is 2.62. The maximum absolute atomic E-state index is 10.4. The number of fused-ring (bicyclic) bond motifs is 1. The predicted molar refractivity (Wildman–Crippen MR) is 50.0 cm³/mol. The standard InChI is InChI=1S/C7H6N4O2S/c12-5(13)2-14-7-4-1-10-11-6(4)8-3-9-7/h1,3H,2H2,(H,12,13)(H,8,9,10,11). The summed E-state index contributed by atoms with van der Waals surface area (Å²) in [6.07, 6.45) is 2.96. The zero-order valence-electron chi connectivity index (χ0n) is 6.97. The summed E-state index contributed by atoms with van der Waals surface area (Å²) in [6.45, 7) is 0. The van der Waals surface area contributed by atoms with Gasteiger partial charge in [-0.05, 0) is 0 Å². The van der Waals surface area contributed by atoms with Gasteiger partial charge in [0.2, 0.25) is 0 Å². The molecule has 6 nitrogen and oxygen atoms in total. The molecular weight excluding hydrogens is 204 g/mol. The number of aromatic amines is 1. The molecule has 0 bridgehead atoms. The van der Waals surface area contributed by atoms with Crippen LogP contribution >= 0.6 is 11.8 Å². The summed E-state index contributed by atoms with van der Waals surface area (Å²) in [5, 5.41) is 16.4. The molecule has 2 aromatic rings. The van der Waals surface area contributed by atoms with Crippen molar-refractivity contribution in [1.82, 2.24) is 20.2 Å². The first-order chi connectivity index (χ1) is 6.77. The molecule has 0 aromatic carbocycles. The molecule has 14 heavy (non-hydrogen) atoms. The van der Waals surface area contributed by atoms with Gasteiger partial charge < -0.3 is 5.11 Å². The fraction of sp³-hybridized carbons (Fsp3) is 0.143. The summed E-state index contributed by atoms with van der Waals surface area (Å²) in [4.78, 5) is 18.3. The molecule has 0 amide bonds. The molecule has 0 radical (unpaired) electrons. The Hall–Kier alpha value is -1.63. The van der Waals surface area contributed by atoms with Gasteiger partial charge in [-0.1, -0.05) is 11.8 Å². The summed E-state index contributed by atoms with van der Waals surface area (Å²) in [5.74, 6) is -0.887. The quantitative estimate of drug-likeness (QED) is 0.567. The second-order valence-corrected chi connectivity index (χ2v) is 3.46. The molecule has 2 aromatic heterocycles. The SMILES string of the molecule is O=C(O)CSc1ncnc2[nH]ncc12. The van der Waals surface area contributed by atoms with E-state index >= 15 is 0 Å². The van der Waals surface area contributed by atoms with Crippen LogP contribution in [0.25, 0.3) is 11.0 Å². The van der Waals surface area contributed by atoms with Crippen LogP contribution in [0.15, 0.2) is 17.6 Å². The highest BCUT2D eigenvalue weighted by Gasteiger charge is 2.07. The molecule has 0 atom stereocenters. The van der Waals surface area contributed by atoms with Gasteiger partial charge in [-0.2, -0.15) is 5.10 Å². The molecule has 0 aliphatic carbocycles. The summed E-state index contributed by atoms with van der Waals surface area (Å²) in [5.41, 5.74) is 0.618. The number of aromatic nitrogens is 4. The van der Waals surface area contributed by atoms with Gasteiger partial charge in [0.05, 0.1) is 17.3 Å². The maximum atomic E-state index is 10.4. The highest BCUT2D eigenvalue weighted by molar-refractivity contribution is 8.00. The number of nitrogens with one attached hydrogen (secondary N) is 1. The van der Waals surface area contributed by atoms with Gasteiger partial charge in [-0.3, -0.25) is 9.89 Å². The number of rotatable bonds is 3. The zero-order chi connectivity index (χ0) is 9.97. The van der Waals surface area contributed by atoms with Gasteiger partial charge in [0, 0.05) is 0 Å². The van der Waals surface area contributed by atoms with Crippen LogP contribution in [-0.2, 0) is 4.79 Å². The van der Waals surface area contributed by atoms with Crippen molar-refractivity contribution < 1.29 is 9.90 Å². The Morgan fingerprint density at radius 3 is 3.21 bits per heavy atom. The molecule has 7 heteroatoms. The highest BCUT2D eigenvalue weighted by atomic mass is 32.2. The number of hydrogen-bond acceptors (Lipinski definition) is 5. The number of carboxylic acids is 1. The Balaban J connectivity index is 2.32. The van der Waals surface area contributed by atoms with Gasteiger partial charge in [0.25, 0.3) is 0 Å². The molecule has 0 aliphatic heterocycles. The average molecular weight is 210 g/mol. The minimum atomic E-state index is -0.870. The Kier molecular flexibility index (Phi) is 2.32. The summed E-state index contributed by atoms with van der Waals surface area (Å²) in [6, 6.07) is 0. The van der Waals surface area contributed by atoms with Gasteiger partial charge in [-0.25, -0.2) is 9.97 Å². The van der Waals surface area contributed by atoms with Crippen molar-refractivity contribution in [3.63, 3.8) is 0 Å². The normalized spacial score (nSPS) is 10.6. The lowest BCUT2D eigenvalue weighted by molar-refractivity contribution is -0.133. The van der Waals surface area contributed by atoms with E-state index in [4.69, 9.17) is 5.11 Å². The van der Waals surface area contributed by atoms with Crippen molar-refractivity contribution in [3.8, 4) is 0 Å². The Bertz CT molecular complexity index is 469. The zero-order valence-corrected chi connectivity index (χ0v) is 7.78. The number of hydrogen-bond donors (Lipinski definition) is 2. The molecular formula is C7H6N4O2S. The predicted octanol–water partition coefficient (Wildman–Crippen LogP) is 0.530. The van der Waals surface area contributed by atoms with E-state index in [0.29, 0.717) is 10.7 Å². The lowest BCUT2D eigenvalue weighted by Gasteiger charge is -1.97. The van der Waals surface area contributed by atoms with Crippen LogP contribution in [-0.4, -0.2) is 37.0 Å². The lowest BCUT2D eigenvalue weighted by Crippen LogP contribution is -1.98. The Morgan fingerprint density at radius 2 is 2.43 bits per heavy atom. The molecule has 0 spiro atoms. The Morgan fingerprint density at radius 1 is 1.57 bits per heavy atom. The van der Waals surface area contributed by atoms with Crippen molar-refractivity contribution in [2.75, 3.05) is 5.75 Å². The van der Waals surface area contributed by atoms with Gasteiger partial charge in [0.15, 0.2) is 5.65 Å². The second-order valence-electron chi connectivity index (χ2n) is 2.49. The third kappa shape index (κ3) is 1.67. The van der Waals surface area contributed by atoms with Crippen LogP contribution in [0.3, 0.4) is 0 Å². The first-order valence-corrected chi connectivity index (χ1v) is 4.74. The van der Waals surface area contributed by atoms with E-state index in [1.54, 1.807) is 6.20 Å². The largest absolute Gasteiger partial charge is 0.481 e. The lowest BCUT2D eigenvalue weighted by atomic mass is 10.4. The van der Waals surface area contributed by atoms with Crippen molar-refractivity contribution >= 4 is 28.8 Å². The third-order valence-electron chi connectivity index (χ3n) is 1.54. The molecule has 0 saturated carbocycles. The highest BCUT2D eigenvalue weighted by Crippen LogP contribution is 2.22. The number of H-pyrrole nitrogens is 1. The third-order valence-corrected chi connectivity index (χ3v) is 2.53. The monoisotopic (exact) mass is 210 g/mol. The topological polar surface area (TPSA) is 91.8 Å². The van der Waals surface area contributed by atoms with Gasteiger partial charge >= 0.3 is 5.97 Å².